The first-order chi connectivity index (χ1) is 4.81. The molecule has 0 aromatic rings. The minimum atomic E-state index is -6.00. The summed E-state index contributed by atoms with van der Waals surface area (Å²) in [5.41, 5.74) is 0. The molecule has 2 nitrogen and oxygen atoms in total. The smallest absolute Gasteiger partial charge is 0.418 e. The Morgan fingerprint density at radius 3 is 1.55 bits per heavy atom. The Bertz CT molecular complexity index is 78.7. The molecule has 0 heterocycles. The highest BCUT2D eigenvalue weighted by atomic mass is 19.5. The number of hydrogen-bond acceptors (Lipinski definition) is 1. The minimum Gasteiger partial charge on any atom is -0.418 e. The molecular formula is C4H12BF4NO. The Kier molecular flexibility index (Phi) is 7.76. The van der Waals surface area contributed by atoms with E-state index in [4.69, 9.17) is 4.84 Å². The first kappa shape index (κ1) is 13.3. The Morgan fingerprint density at radius 2 is 1.55 bits per heavy atom. The van der Waals surface area contributed by atoms with Gasteiger partial charge in [0.15, 0.2) is 0 Å². The van der Waals surface area contributed by atoms with Gasteiger partial charge in [0.1, 0.15) is 6.54 Å². The first-order valence-corrected chi connectivity index (χ1v) is 3.05. The summed E-state index contributed by atoms with van der Waals surface area (Å²) in [7, 11) is -2.33. The van der Waals surface area contributed by atoms with E-state index in [1.54, 1.807) is 7.11 Å². The lowest BCUT2D eigenvalue weighted by atomic mass is 10.3. The minimum absolute atomic E-state index is 1.02. The summed E-state index contributed by atoms with van der Waals surface area (Å²) in [6.45, 7) is 3.09. The fourth-order valence-electron chi connectivity index (χ4n) is 0.144. The van der Waals surface area contributed by atoms with Crippen LogP contribution in [-0.4, -0.2) is 28.0 Å². The average molecular weight is 177 g/mol. The van der Waals surface area contributed by atoms with Gasteiger partial charge < -0.3 is 17.3 Å². The van der Waals surface area contributed by atoms with Crippen molar-refractivity contribution in [3.8, 4) is 0 Å². The molecule has 0 saturated heterocycles. The van der Waals surface area contributed by atoms with Crippen molar-refractivity contribution < 1.29 is 27.2 Å². The van der Waals surface area contributed by atoms with Crippen LogP contribution >= 0.6 is 0 Å². The summed E-state index contributed by atoms with van der Waals surface area (Å²) in [6.07, 6.45) is 0. The maximum Gasteiger partial charge on any atom is 0.673 e. The summed E-state index contributed by atoms with van der Waals surface area (Å²) in [6, 6.07) is 0. The number of hydroxylamine groups is 2. The molecule has 0 aliphatic carbocycles. The van der Waals surface area contributed by atoms with Crippen LogP contribution in [0.5, 0.6) is 0 Å². The Labute approximate surface area is 63.2 Å². The average Bonchev–Trinajstić information content (AvgIpc) is 1.83. The van der Waals surface area contributed by atoms with Crippen LogP contribution in [0.1, 0.15) is 6.92 Å². The molecule has 70 valence electrons. The topological polar surface area (TPSA) is 13.7 Å². The van der Waals surface area contributed by atoms with Crippen molar-refractivity contribution in [3.63, 3.8) is 0 Å². The van der Waals surface area contributed by atoms with Crippen molar-refractivity contribution >= 4 is 7.25 Å². The zero-order valence-corrected chi connectivity index (χ0v) is 6.70. The van der Waals surface area contributed by atoms with Gasteiger partial charge in [-0.05, 0) is 6.92 Å². The second-order valence-electron chi connectivity index (χ2n) is 1.75. The van der Waals surface area contributed by atoms with Crippen LogP contribution in [-0.2, 0) is 4.84 Å². The van der Waals surface area contributed by atoms with E-state index in [1.165, 1.54) is 0 Å². The van der Waals surface area contributed by atoms with Gasteiger partial charge in [-0.25, -0.2) is 4.84 Å². The quantitative estimate of drug-likeness (QED) is 0.365. The number of quaternary nitrogens is 1. The lowest BCUT2D eigenvalue weighted by Gasteiger charge is -2.02. The second kappa shape index (κ2) is 6.42. The molecule has 0 rings (SSSR count). The third-order valence-electron chi connectivity index (χ3n) is 0.846. The highest BCUT2D eigenvalue weighted by Gasteiger charge is 2.20. The summed E-state index contributed by atoms with van der Waals surface area (Å²) in [5.74, 6) is 0. The van der Waals surface area contributed by atoms with E-state index in [1.807, 2.05) is 7.05 Å². The molecule has 11 heavy (non-hydrogen) atoms. The standard InChI is InChI=1S/C4H11NO.BF4/c1-4-5(2)6-3;2-1(3,4)5/h4H2,1-3H3;/q;-1/p+1. The van der Waals surface area contributed by atoms with Crippen LogP contribution in [0.15, 0.2) is 0 Å². The van der Waals surface area contributed by atoms with E-state index in [9.17, 15) is 17.3 Å². The molecule has 0 saturated carbocycles. The van der Waals surface area contributed by atoms with Crippen molar-refractivity contribution in [1.82, 2.24) is 0 Å². The molecule has 7 heteroatoms. The van der Waals surface area contributed by atoms with Crippen molar-refractivity contribution in [2.24, 2.45) is 0 Å². The summed E-state index contributed by atoms with van der Waals surface area (Å²) in [4.78, 5) is 4.82. The number of halogens is 4. The van der Waals surface area contributed by atoms with E-state index >= 15 is 0 Å². The van der Waals surface area contributed by atoms with E-state index in [0.717, 1.165) is 11.6 Å². The molecule has 0 aromatic carbocycles. The van der Waals surface area contributed by atoms with Crippen LogP contribution in [0.3, 0.4) is 0 Å². The van der Waals surface area contributed by atoms with E-state index in [0.29, 0.717) is 0 Å². The van der Waals surface area contributed by atoms with Crippen molar-refractivity contribution in [2.45, 2.75) is 6.92 Å². The summed E-state index contributed by atoms with van der Waals surface area (Å²) >= 11 is 0. The fraction of sp³-hybridized carbons (Fsp3) is 1.00. The molecule has 0 aromatic heterocycles. The van der Waals surface area contributed by atoms with Gasteiger partial charge >= 0.3 is 7.25 Å². The largest absolute Gasteiger partial charge is 0.673 e. The van der Waals surface area contributed by atoms with E-state index < -0.39 is 7.25 Å². The molecule has 0 fully saturated rings. The monoisotopic (exact) mass is 177 g/mol. The first-order valence-electron chi connectivity index (χ1n) is 3.05. The predicted octanol–water partition coefficient (Wildman–Crippen LogP) is 0.382. The van der Waals surface area contributed by atoms with Crippen LogP contribution in [0.4, 0.5) is 17.3 Å². The SMILES string of the molecule is CC[NH+](C)OC.F[B-](F)(F)F. The molecule has 0 aliphatic rings. The molecule has 0 spiro atoms. The van der Waals surface area contributed by atoms with Gasteiger partial charge in [0.2, 0.25) is 0 Å². The normalized spacial score (nSPS) is 13.4. The third-order valence-corrected chi connectivity index (χ3v) is 0.846. The van der Waals surface area contributed by atoms with Gasteiger partial charge in [-0.1, -0.05) is 0 Å². The zero-order valence-electron chi connectivity index (χ0n) is 6.70. The van der Waals surface area contributed by atoms with Crippen LogP contribution < -0.4 is 5.06 Å². The maximum atomic E-state index is 9.75. The Balaban J connectivity index is 0. The highest BCUT2D eigenvalue weighted by molar-refractivity contribution is 6.50. The van der Waals surface area contributed by atoms with Gasteiger partial charge in [-0.15, -0.1) is 0 Å². The summed E-state index contributed by atoms with van der Waals surface area (Å²) < 4.78 is 39.0. The Morgan fingerprint density at radius 1 is 1.27 bits per heavy atom. The van der Waals surface area contributed by atoms with Gasteiger partial charge in [0, 0.05) is 0 Å². The zero-order chi connectivity index (χ0) is 9.49. The molecule has 1 unspecified atom stereocenters. The molecule has 0 amide bonds. The maximum absolute atomic E-state index is 9.75. The lowest BCUT2D eigenvalue weighted by molar-refractivity contribution is -1.07. The van der Waals surface area contributed by atoms with Gasteiger partial charge in [-0.3, -0.25) is 0 Å². The summed E-state index contributed by atoms with van der Waals surface area (Å²) in [5, 5.41) is 1.09. The number of rotatable bonds is 2. The molecule has 1 N–H and O–H groups in total. The van der Waals surface area contributed by atoms with Crippen LogP contribution in [0.25, 0.3) is 0 Å². The van der Waals surface area contributed by atoms with E-state index in [2.05, 4.69) is 6.92 Å². The van der Waals surface area contributed by atoms with Gasteiger partial charge in [-0.2, -0.15) is 5.06 Å². The Hall–Kier alpha value is -0.295. The number of nitrogens with one attached hydrogen (secondary N) is 1. The van der Waals surface area contributed by atoms with Gasteiger partial charge in [0.25, 0.3) is 0 Å². The molecule has 0 bridgehead atoms. The molecule has 0 radical (unpaired) electrons. The fourth-order valence-corrected chi connectivity index (χ4v) is 0.144. The molecule has 0 aliphatic heterocycles. The van der Waals surface area contributed by atoms with Crippen molar-refractivity contribution in [3.05, 3.63) is 0 Å². The van der Waals surface area contributed by atoms with E-state index in [-0.39, 0.29) is 0 Å². The van der Waals surface area contributed by atoms with Crippen molar-refractivity contribution in [2.75, 3.05) is 20.7 Å². The van der Waals surface area contributed by atoms with Gasteiger partial charge in [0.05, 0.1) is 14.2 Å². The van der Waals surface area contributed by atoms with Crippen LogP contribution in [0.2, 0.25) is 0 Å². The lowest BCUT2D eigenvalue weighted by Crippen LogP contribution is -3.07. The molecule has 1 atom stereocenters. The predicted molar refractivity (Wildman–Crippen MR) is 34.6 cm³/mol. The molecular weight excluding hydrogens is 165 g/mol. The number of hydrogen-bond donors (Lipinski definition) is 1. The van der Waals surface area contributed by atoms with Crippen molar-refractivity contribution in [1.29, 1.82) is 0 Å². The van der Waals surface area contributed by atoms with Crippen LogP contribution in [0, 0.1) is 0 Å². The second-order valence-corrected chi connectivity index (χ2v) is 1.75. The third kappa shape index (κ3) is 42.0. The highest BCUT2D eigenvalue weighted by Crippen LogP contribution is 2.06.